The molecule has 0 spiro atoms. The van der Waals surface area contributed by atoms with E-state index in [9.17, 15) is 0 Å². The zero-order valence-corrected chi connectivity index (χ0v) is 12.1. The normalized spacial score (nSPS) is 15.2. The predicted molar refractivity (Wildman–Crippen MR) is 83.3 cm³/mol. The third kappa shape index (κ3) is 2.18. The van der Waals surface area contributed by atoms with Crippen LogP contribution in [0.2, 0.25) is 0 Å². The Hall–Kier alpha value is -1.87. The van der Waals surface area contributed by atoms with Gasteiger partial charge < -0.3 is 10.6 Å². The number of aryl methyl sites for hydroxylation is 1. The van der Waals surface area contributed by atoms with Gasteiger partial charge in [-0.1, -0.05) is 25.1 Å². The number of para-hydroxylation sites is 1. The Morgan fingerprint density at radius 2 is 2.15 bits per heavy atom. The molecule has 2 heterocycles. The van der Waals surface area contributed by atoms with Crippen molar-refractivity contribution in [3.8, 4) is 0 Å². The number of hydrogen-bond acceptors (Lipinski definition) is 3. The molecule has 20 heavy (non-hydrogen) atoms. The summed E-state index contributed by atoms with van der Waals surface area (Å²) in [7, 11) is 0. The SMILES string of the molecule is CC[C@@H](N)c1cnc(N2CCc3ccccc32)c(C)c1. The van der Waals surface area contributed by atoms with Gasteiger partial charge >= 0.3 is 0 Å². The zero-order chi connectivity index (χ0) is 14.1. The fraction of sp³-hybridized carbons (Fsp3) is 0.353. The highest BCUT2D eigenvalue weighted by atomic mass is 15.2. The lowest BCUT2D eigenvalue weighted by Gasteiger charge is -2.21. The van der Waals surface area contributed by atoms with E-state index in [4.69, 9.17) is 5.73 Å². The van der Waals surface area contributed by atoms with E-state index >= 15 is 0 Å². The lowest BCUT2D eigenvalue weighted by atomic mass is 10.1. The second kappa shape index (κ2) is 5.25. The van der Waals surface area contributed by atoms with Crippen LogP contribution in [0.3, 0.4) is 0 Å². The van der Waals surface area contributed by atoms with Gasteiger partial charge in [-0.05, 0) is 48.6 Å². The van der Waals surface area contributed by atoms with Crippen LogP contribution in [0, 0.1) is 6.92 Å². The first-order chi connectivity index (χ1) is 9.70. The van der Waals surface area contributed by atoms with Crippen LogP contribution in [-0.2, 0) is 6.42 Å². The Balaban J connectivity index is 1.96. The highest BCUT2D eigenvalue weighted by Crippen LogP contribution is 2.35. The van der Waals surface area contributed by atoms with Crippen molar-refractivity contribution in [2.75, 3.05) is 11.4 Å². The molecular formula is C17H21N3. The standard InChI is InChI=1S/C17H21N3/c1-3-15(18)14-10-12(2)17(19-11-14)20-9-8-13-6-4-5-7-16(13)20/h4-7,10-11,15H,3,8-9,18H2,1-2H3/t15-/m1/s1. The number of pyridine rings is 1. The smallest absolute Gasteiger partial charge is 0.135 e. The van der Waals surface area contributed by atoms with Crippen molar-refractivity contribution < 1.29 is 0 Å². The molecule has 0 unspecified atom stereocenters. The summed E-state index contributed by atoms with van der Waals surface area (Å²) in [5.74, 6) is 1.06. The molecule has 1 aromatic heterocycles. The van der Waals surface area contributed by atoms with Crippen LogP contribution < -0.4 is 10.6 Å². The van der Waals surface area contributed by atoms with Crippen molar-refractivity contribution >= 4 is 11.5 Å². The Morgan fingerprint density at radius 1 is 1.35 bits per heavy atom. The zero-order valence-electron chi connectivity index (χ0n) is 12.1. The van der Waals surface area contributed by atoms with Gasteiger partial charge in [0, 0.05) is 24.5 Å². The van der Waals surface area contributed by atoms with E-state index in [1.54, 1.807) is 0 Å². The molecule has 1 aliphatic heterocycles. The van der Waals surface area contributed by atoms with Crippen molar-refractivity contribution in [1.82, 2.24) is 4.98 Å². The monoisotopic (exact) mass is 267 g/mol. The molecule has 0 saturated heterocycles. The van der Waals surface area contributed by atoms with Crippen LogP contribution >= 0.6 is 0 Å². The molecule has 0 amide bonds. The van der Waals surface area contributed by atoms with Crippen LogP contribution in [0.25, 0.3) is 0 Å². The van der Waals surface area contributed by atoms with Gasteiger partial charge in [0.2, 0.25) is 0 Å². The van der Waals surface area contributed by atoms with E-state index in [1.165, 1.54) is 16.8 Å². The number of rotatable bonds is 3. The van der Waals surface area contributed by atoms with Crippen molar-refractivity contribution in [3.05, 3.63) is 53.2 Å². The molecule has 1 aliphatic rings. The summed E-state index contributed by atoms with van der Waals surface area (Å²) >= 11 is 0. The molecule has 3 nitrogen and oxygen atoms in total. The Kier molecular flexibility index (Phi) is 3.45. The quantitative estimate of drug-likeness (QED) is 0.925. The Labute approximate surface area is 120 Å². The van der Waals surface area contributed by atoms with Gasteiger partial charge in [0.05, 0.1) is 0 Å². The lowest BCUT2D eigenvalue weighted by molar-refractivity contribution is 0.694. The average molecular weight is 267 g/mol. The summed E-state index contributed by atoms with van der Waals surface area (Å²) in [5, 5.41) is 0. The molecule has 2 aromatic rings. The van der Waals surface area contributed by atoms with Crippen molar-refractivity contribution in [1.29, 1.82) is 0 Å². The third-order valence-electron chi connectivity index (χ3n) is 4.08. The van der Waals surface area contributed by atoms with E-state index < -0.39 is 0 Å². The van der Waals surface area contributed by atoms with Gasteiger partial charge in [-0.2, -0.15) is 0 Å². The first-order valence-electron chi connectivity index (χ1n) is 7.28. The van der Waals surface area contributed by atoms with Gasteiger partial charge in [-0.25, -0.2) is 4.98 Å². The van der Waals surface area contributed by atoms with E-state index in [0.717, 1.165) is 30.8 Å². The molecule has 2 N–H and O–H groups in total. The fourth-order valence-electron chi connectivity index (χ4n) is 2.87. The Bertz CT molecular complexity index is 621. The third-order valence-corrected chi connectivity index (χ3v) is 4.08. The number of aromatic nitrogens is 1. The number of fused-ring (bicyclic) bond motifs is 1. The molecule has 0 radical (unpaired) electrons. The fourth-order valence-corrected chi connectivity index (χ4v) is 2.87. The maximum absolute atomic E-state index is 6.09. The number of hydrogen-bond donors (Lipinski definition) is 1. The highest BCUT2D eigenvalue weighted by Gasteiger charge is 2.22. The summed E-state index contributed by atoms with van der Waals surface area (Å²) < 4.78 is 0. The first kappa shape index (κ1) is 13.1. The van der Waals surface area contributed by atoms with Gasteiger partial charge in [0.15, 0.2) is 0 Å². The topological polar surface area (TPSA) is 42.1 Å². The summed E-state index contributed by atoms with van der Waals surface area (Å²) in [4.78, 5) is 6.99. The summed E-state index contributed by atoms with van der Waals surface area (Å²) in [5.41, 5.74) is 11.1. The lowest BCUT2D eigenvalue weighted by Crippen LogP contribution is -2.17. The summed E-state index contributed by atoms with van der Waals surface area (Å²) in [6.45, 7) is 5.23. The van der Waals surface area contributed by atoms with E-state index in [2.05, 4.69) is 54.1 Å². The largest absolute Gasteiger partial charge is 0.326 e. The molecular weight excluding hydrogens is 246 g/mol. The predicted octanol–water partition coefficient (Wildman–Crippen LogP) is 3.49. The molecule has 0 fully saturated rings. The van der Waals surface area contributed by atoms with Gasteiger partial charge in [0.1, 0.15) is 5.82 Å². The van der Waals surface area contributed by atoms with Crippen molar-refractivity contribution in [3.63, 3.8) is 0 Å². The molecule has 0 bridgehead atoms. The highest BCUT2D eigenvalue weighted by molar-refractivity contribution is 5.69. The van der Waals surface area contributed by atoms with Crippen LogP contribution in [0.5, 0.6) is 0 Å². The number of nitrogens with zero attached hydrogens (tertiary/aromatic N) is 2. The molecule has 0 saturated carbocycles. The molecule has 1 atom stereocenters. The van der Waals surface area contributed by atoms with E-state index in [1.807, 2.05) is 6.20 Å². The van der Waals surface area contributed by atoms with Crippen molar-refractivity contribution in [2.45, 2.75) is 32.7 Å². The summed E-state index contributed by atoms with van der Waals surface area (Å²) in [6.07, 6.45) is 3.96. The van der Waals surface area contributed by atoms with E-state index in [0.29, 0.717) is 0 Å². The minimum atomic E-state index is 0.0844. The van der Waals surface area contributed by atoms with Crippen LogP contribution in [0.4, 0.5) is 11.5 Å². The minimum Gasteiger partial charge on any atom is -0.326 e. The van der Waals surface area contributed by atoms with Gasteiger partial charge in [0.25, 0.3) is 0 Å². The maximum Gasteiger partial charge on any atom is 0.135 e. The Morgan fingerprint density at radius 3 is 2.90 bits per heavy atom. The molecule has 0 aliphatic carbocycles. The second-order valence-corrected chi connectivity index (χ2v) is 5.45. The minimum absolute atomic E-state index is 0.0844. The molecule has 3 rings (SSSR count). The van der Waals surface area contributed by atoms with Crippen LogP contribution in [0.15, 0.2) is 36.5 Å². The molecule has 1 aromatic carbocycles. The first-order valence-corrected chi connectivity index (χ1v) is 7.28. The number of benzene rings is 1. The number of nitrogens with two attached hydrogens (primary N) is 1. The molecule has 3 heteroatoms. The van der Waals surface area contributed by atoms with E-state index in [-0.39, 0.29) is 6.04 Å². The van der Waals surface area contributed by atoms with Gasteiger partial charge in [-0.15, -0.1) is 0 Å². The van der Waals surface area contributed by atoms with Crippen LogP contribution in [0.1, 0.15) is 36.1 Å². The second-order valence-electron chi connectivity index (χ2n) is 5.45. The summed E-state index contributed by atoms with van der Waals surface area (Å²) in [6, 6.07) is 10.8. The van der Waals surface area contributed by atoms with Gasteiger partial charge in [-0.3, -0.25) is 0 Å². The average Bonchev–Trinajstić information content (AvgIpc) is 2.90. The number of anilines is 2. The molecule has 104 valence electrons. The van der Waals surface area contributed by atoms with Crippen LogP contribution in [-0.4, -0.2) is 11.5 Å². The van der Waals surface area contributed by atoms with Crippen molar-refractivity contribution in [2.24, 2.45) is 5.73 Å². The maximum atomic E-state index is 6.09.